The standard InChI is InChI=1S/C30H42F2N2O3/c1-3-5-11-30(12-7-14-37-30)13-10-29(36)34-27(18-24-16-25(31)19-26(32)17-24)28(35)21-33-20-23-9-6-8-22(4-2)15-23/h6,8-9,15-17,19,27-28,33,35H,3-5,7,10-14,18,20-21H2,1-2H3,(H,34,36)/t27-,28+,30?/m0/s1. The third-order valence-electron chi connectivity index (χ3n) is 7.25. The van der Waals surface area contributed by atoms with Crippen LogP contribution in [0, 0.1) is 11.6 Å². The highest BCUT2D eigenvalue weighted by Gasteiger charge is 2.35. The van der Waals surface area contributed by atoms with Gasteiger partial charge in [-0.3, -0.25) is 4.79 Å². The van der Waals surface area contributed by atoms with Crippen molar-refractivity contribution in [1.29, 1.82) is 0 Å². The molecule has 3 atom stereocenters. The van der Waals surface area contributed by atoms with E-state index in [1.807, 2.05) is 12.1 Å². The molecular weight excluding hydrogens is 474 g/mol. The van der Waals surface area contributed by atoms with Crippen LogP contribution in [0.5, 0.6) is 0 Å². The summed E-state index contributed by atoms with van der Waals surface area (Å²) in [7, 11) is 0. The van der Waals surface area contributed by atoms with Gasteiger partial charge in [-0.2, -0.15) is 0 Å². The second kappa shape index (κ2) is 14.6. The normalized spacial score (nSPS) is 19.1. The third kappa shape index (κ3) is 9.47. The highest BCUT2D eigenvalue weighted by molar-refractivity contribution is 5.76. The molecule has 7 heteroatoms. The Kier molecular flexibility index (Phi) is 11.5. The lowest BCUT2D eigenvalue weighted by Crippen LogP contribution is -2.49. The highest BCUT2D eigenvalue weighted by Crippen LogP contribution is 2.35. The van der Waals surface area contributed by atoms with Crippen molar-refractivity contribution in [1.82, 2.24) is 10.6 Å². The van der Waals surface area contributed by atoms with Gasteiger partial charge in [0.1, 0.15) is 11.6 Å². The zero-order chi connectivity index (χ0) is 26.7. The van der Waals surface area contributed by atoms with E-state index in [1.54, 1.807) is 0 Å². The van der Waals surface area contributed by atoms with Crippen LogP contribution in [0.1, 0.15) is 75.5 Å². The van der Waals surface area contributed by atoms with E-state index in [9.17, 15) is 18.7 Å². The van der Waals surface area contributed by atoms with Crippen molar-refractivity contribution in [2.24, 2.45) is 0 Å². The maximum atomic E-state index is 13.8. The monoisotopic (exact) mass is 516 g/mol. The van der Waals surface area contributed by atoms with Gasteiger partial charge in [0.15, 0.2) is 0 Å². The molecule has 1 aliphatic rings. The molecule has 0 bridgehead atoms. The summed E-state index contributed by atoms with van der Waals surface area (Å²) in [6.07, 6.45) is 6.06. The van der Waals surface area contributed by atoms with Gasteiger partial charge < -0.3 is 20.5 Å². The van der Waals surface area contributed by atoms with Crippen LogP contribution in [0.4, 0.5) is 8.78 Å². The number of rotatable bonds is 15. The Hall–Kier alpha value is -2.35. The molecule has 2 aromatic rings. The first-order chi connectivity index (χ1) is 17.8. The zero-order valence-corrected chi connectivity index (χ0v) is 22.2. The lowest BCUT2D eigenvalue weighted by molar-refractivity contribution is -0.124. The highest BCUT2D eigenvalue weighted by atomic mass is 19.1. The van der Waals surface area contributed by atoms with E-state index in [-0.39, 0.29) is 30.9 Å². The fourth-order valence-corrected chi connectivity index (χ4v) is 5.13. The van der Waals surface area contributed by atoms with Gasteiger partial charge in [-0.05, 0) is 67.3 Å². The van der Waals surface area contributed by atoms with Crippen molar-refractivity contribution in [3.05, 3.63) is 70.8 Å². The van der Waals surface area contributed by atoms with Gasteiger partial charge in [0.2, 0.25) is 5.91 Å². The Morgan fingerprint density at radius 1 is 1.08 bits per heavy atom. The van der Waals surface area contributed by atoms with Crippen molar-refractivity contribution in [3.63, 3.8) is 0 Å². The number of amides is 1. The van der Waals surface area contributed by atoms with Crippen LogP contribution in [0.15, 0.2) is 42.5 Å². The summed E-state index contributed by atoms with van der Waals surface area (Å²) in [4.78, 5) is 13.0. The fourth-order valence-electron chi connectivity index (χ4n) is 5.13. The summed E-state index contributed by atoms with van der Waals surface area (Å²) >= 11 is 0. The molecule has 0 radical (unpaired) electrons. The third-order valence-corrected chi connectivity index (χ3v) is 7.25. The van der Waals surface area contributed by atoms with Gasteiger partial charge in [-0.25, -0.2) is 8.78 Å². The average molecular weight is 517 g/mol. The van der Waals surface area contributed by atoms with Crippen molar-refractivity contribution >= 4 is 5.91 Å². The molecule has 1 saturated heterocycles. The minimum atomic E-state index is -0.943. The van der Waals surface area contributed by atoms with Crippen LogP contribution in [0.3, 0.4) is 0 Å². The first kappa shape index (κ1) is 29.2. The topological polar surface area (TPSA) is 70.6 Å². The van der Waals surface area contributed by atoms with E-state index in [4.69, 9.17) is 4.74 Å². The van der Waals surface area contributed by atoms with Crippen molar-refractivity contribution in [2.45, 2.75) is 95.9 Å². The number of unbranched alkanes of at least 4 members (excludes halogenated alkanes) is 1. The van der Waals surface area contributed by atoms with Gasteiger partial charge in [0.05, 0.1) is 17.7 Å². The van der Waals surface area contributed by atoms with Crippen LogP contribution in [0.2, 0.25) is 0 Å². The van der Waals surface area contributed by atoms with Crippen molar-refractivity contribution in [3.8, 4) is 0 Å². The number of halogens is 2. The zero-order valence-electron chi connectivity index (χ0n) is 22.2. The number of ether oxygens (including phenoxy) is 1. The molecule has 0 spiro atoms. The predicted molar refractivity (Wildman–Crippen MR) is 142 cm³/mol. The minimum absolute atomic E-state index is 0.117. The second-order valence-electron chi connectivity index (χ2n) is 10.3. The summed E-state index contributed by atoms with van der Waals surface area (Å²) in [6.45, 7) is 5.76. The quantitative estimate of drug-likeness (QED) is 0.303. The fraction of sp³-hybridized carbons (Fsp3) is 0.567. The van der Waals surface area contributed by atoms with E-state index in [1.165, 1.54) is 17.7 Å². The minimum Gasteiger partial charge on any atom is -0.390 e. The Balaban J connectivity index is 1.62. The maximum absolute atomic E-state index is 13.8. The lowest BCUT2D eigenvalue weighted by atomic mass is 9.88. The molecule has 1 heterocycles. The summed E-state index contributed by atoms with van der Waals surface area (Å²) in [5, 5.41) is 17.2. The number of benzene rings is 2. The van der Waals surface area contributed by atoms with E-state index in [2.05, 4.69) is 36.6 Å². The first-order valence-corrected chi connectivity index (χ1v) is 13.7. The molecule has 1 unspecified atom stereocenters. The van der Waals surface area contributed by atoms with Crippen LogP contribution in [-0.4, -0.2) is 41.9 Å². The number of hydrogen-bond acceptors (Lipinski definition) is 4. The largest absolute Gasteiger partial charge is 0.390 e. The smallest absolute Gasteiger partial charge is 0.220 e. The number of carbonyl (C=O) groups is 1. The van der Waals surface area contributed by atoms with Gasteiger partial charge in [0, 0.05) is 32.2 Å². The molecular formula is C30H42F2N2O3. The summed E-state index contributed by atoms with van der Waals surface area (Å²) in [6, 6.07) is 10.8. The van der Waals surface area contributed by atoms with E-state index < -0.39 is 23.8 Å². The van der Waals surface area contributed by atoms with Crippen molar-refractivity contribution < 1.29 is 23.4 Å². The van der Waals surface area contributed by atoms with E-state index in [0.717, 1.165) is 56.8 Å². The number of carbonyl (C=O) groups excluding carboxylic acids is 1. The van der Waals surface area contributed by atoms with E-state index >= 15 is 0 Å². The molecule has 1 amide bonds. The summed E-state index contributed by atoms with van der Waals surface area (Å²) in [5.41, 5.74) is 2.48. The molecule has 37 heavy (non-hydrogen) atoms. The van der Waals surface area contributed by atoms with Gasteiger partial charge in [-0.15, -0.1) is 0 Å². The molecule has 1 fully saturated rings. The molecule has 204 valence electrons. The maximum Gasteiger partial charge on any atom is 0.220 e. The SMILES string of the molecule is CCCCC1(CCC(=O)N[C@@H](Cc2cc(F)cc(F)c2)[C@H](O)CNCc2cccc(CC)c2)CCCO1. The Bertz CT molecular complexity index is 974. The second-order valence-corrected chi connectivity index (χ2v) is 10.3. The Labute approximate surface area is 220 Å². The Morgan fingerprint density at radius 3 is 2.51 bits per heavy atom. The molecule has 1 aliphatic heterocycles. The van der Waals surface area contributed by atoms with Gasteiger partial charge in [-0.1, -0.05) is 51.0 Å². The number of nitrogens with one attached hydrogen (secondary N) is 2. The van der Waals surface area contributed by atoms with Crippen molar-refractivity contribution in [2.75, 3.05) is 13.2 Å². The number of aryl methyl sites for hydroxylation is 1. The van der Waals surface area contributed by atoms with Gasteiger partial charge in [0.25, 0.3) is 0 Å². The first-order valence-electron chi connectivity index (χ1n) is 13.7. The van der Waals surface area contributed by atoms with Gasteiger partial charge >= 0.3 is 0 Å². The molecule has 0 aromatic heterocycles. The summed E-state index contributed by atoms with van der Waals surface area (Å²) in [5.74, 6) is -1.55. The summed E-state index contributed by atoms with van der Waals surface area (Å²) < 4.78 is 33.7. The lowest BCUT2D eigenvalue weighted by Gasteiger charge is -2.29. The molecule has 5 nitrogen and oxygen atoms in total. The average Bonchev–Trinajstić information content (AvgIpc) is 3.34. The molecule has 0 saturated carbocycles. The Morgan fingerprint density at radius 2 is 1.84 bits per heavy atom. The van der Waals surface area contributed by atoms with Crippen LogP contribution >= 0.6 is 0 Å². The van der Waals surface area contributed by atoms with Crippen LogP contribution in [0.25, 0.3) is 0 Å². The number of aliphatic hydroxyl groups excluding tert-OH is 1. The molecule has 0 aliphatic carbocycles. The molecule has 2 aromatic carbocycles. The number of aliphatic hydroxyl groups is 1. The van der Waals surface area contributed by atoms with Crippen LogP contribution < -0.4 is 10.6 Å². The van der Waals surface area contributed by atoms with E-state index in [0.29, 0.717) is 18.5 Å². The number of hydrogen-bond donors (Lipinski definition) is 3. The molecule has 3 N–H and O–H groups in total. The predicted octanol–water partition coefficient (Wildman–Crippen LogP) is 5.22. The molecule has 3 rings (SSSR count). The van der Waals surface area contributed by atoms with Crippen LogP contribution in [-0.2, 0) is 28.9 Å².